The summed E-state index contributed by atoms with van der Waals surface area (Å²) in [7, 11) is 0. The maximum Gasteiger partial charge on any atom is -0.0217 e. The highest BCUT2D eigenvalue weighted by Crippen LogP contribution is 2.13. The van der Waals surface area contributed by atoms with Crippen molar-refractivity contribution in [1.29, 1.82) is 0 Å². The molecule has 1 heteroatoms. The van der Waals surface area contributed by atoms with E-state index >= 15 is 0 Å². The van der Waals surface area contributed by atoms with Gasteiger partial charge in [0.1, 0.15) is 0 Å². The predicted molar refractivity (Wildman–Crippen MR) is 70.1 cm³/mol. The van der Waals surface area contributed by atoms with E-state index in [-0.39, 0.29) is 0 Å². The summed E-state index contributed by atoms with van der Waals surface area (Å²) in [5, 5.41) is 0. The van der Waals surface area contributed by atoms with Gasteiger partial charge >= 0.3 is 0 Å². The van der Waals surface area contributed by atoms with Crippen LogP contribution in [0.25, 0.3) is 0 Å². The zero-order valence-electron chi connectivity index (χ0n) is 8.59. The van der Waals surface area contributed by atoms with Gasteiger partial charge in [-0.25, -0.2) is 0 Å². The largest absolute Gasteiger partial charge is 0.103 e. The van der Waals surface area contributed by atoms with Gasteiger partial charge in [-0.2, -0.15) is 0 Å². The first-order valence-corrected chi connectivity index (χ1v) is 5.98. The van der Waals surface area contributed by atoms with Gasteiger partial charge in [0.15, 0.2) is 0 Å². The van der Waals surface area contributed by atoms with Crippen molar-refractivity contribution in [1.82, 2.24) is 0 Å². The van der Waals surface area contributed by atoms with Crippen LogP contribution in [-0.4, -0.2) is 0 Å². The number of unbranched alkanes of at least 4 members (excludes halogenated alkanes) is 1. The predicted octanol–water partition coefficient (Wildman–Crippen LogP) is 4.87. The molecule has 0 aromatic rings. The molecule has 0 spiro atoms. The zero-order valence-corrected chi connectivity index (χ0v) is 10.8. The van der Waals surface area contributed by atoms with E-state index in [1.54, 1.807) is 0 Å². The second kappa shape index (κ2) is 8.54. The number of hydrogen-bond acceptors (Lipinski definition) is 0. The Kier molecular flexibility index (Phi) is 8.51. The van der Waals surface area contributed by atoms with Gasteiger partial charge in [-0.1, -0.05) is 53.3 Å². The summed E-state index contributed by atoms with van der Waals surface area (Å²) >= 11 is 2.27. The Hall–Kier alpha value is -0.0500. The van der Waals surface area contributed by atoms with E-state index in [2.05, 4.69) is 59.3 Å². The van der Waals surface area contributed by atoms with Crippen molar-refractivity contribution in [2.75, 3.05) is 0 Å². The van der Waals surface area contributed by atoms with Crippen molar-refractivity contribution >= 4 is 22.6 Å². The molecular weight excluding hydrogens is 271 g/mol. The van der Waals surface area contributed by atoms with Crippen LogP contribution in [0.1, 0.15) is 33.1 Å². The molecule has 74 valence electrons. The van der Waals surface area contributed by atoms with Crippen LogP contribution in [0.3, 0.4) is 0 Å². The molecule has 13 heavy (non-hydrogen) atoms. The van der Waals surface area contributed by atoms with Crippen molar-refractivity contribution < 1.29 is 0 Å². The second-order valence-electron chi connectivity index (χ2n) is 3.42. The van der Waals surface area contributed by atoms with E-state index in [1.165, 1.54) is 12.0 Å². The number of allylic oxidation sites excluding steroid dienone is 4. The van der Waals surface area contributed by atoms with Crippen molar-refractivity contribution in [3.63, 3.8) is 0 Å². The van der Waals surface area contributed by atoms with Gasteiger partial charge < -0.3 is 0 Å². The molecular formula is C12H19I. The van der Waals surface area contributed by atoms with Crippen LogP contribution in [0.4, 0.5) is 0 Å². The van der Waals surface area contributed by atoms with E-state index in [0.717, 1.165) is 12.8 Å². The smallest absolute Gasteiger partial charge is 0.0217 e. The molecule has 1 atom stereocenters. The lowest BCUT2D eigenvalue weighted by molar-refractivity contribution is 0.714. The average molecular weight is 290 g/mol. The van der Waals surface area contributed by atoms with Crippen LogP contribution in [0, 0.1) is 5.92 Å². The molecule has 0 heterocycles. The first-order valence-electron chi connectivity index (χ1n) is 4.74. The monoisotopic (exact) mass is 290 g/mol. The summed E-state index contributed by atoms with van der Waals surface area (Å²) < 4.78 is 2.10. The summed E-state index contributed by atoms with van der Waals surface area (Å²) in [5.74, 6) is 0.664. The van der Waals surface area contributed by atoms with E-state index in [4.69, 9.17) is 0 Å². The lowest BCUT2D eigenvalue weighted by Crippen LogP contribution is -1.90. The molecule has 0 aromatic carbocycles. The molecule has 0 amide bonds. The van der Waals surface area contributed by atoms with E-state index < -0.39 is 0 Å². The minimum Gasteiger partial charge on any atom is -0.103 e. The summed E-state index contributed by atoms with van der Waals surface area (Å²) in [5.41, 5.74) is 1.49. The minimum absolute atomic E-state index is 0.664. The quantitative estimate of drug-likeness (QED) is 0.372. The Morgan fingerprint density at radius 1 is 1.46 bits per heavy atom. The fourth-order valence-electron chi connectivity index (χ4n) is 1.23. The fraction of sp³-hybridized carbons (Fsp3) is 0.500. The molecule has 0 saturated heterocycles. The summed E-state index contributed by atoms with van der Waals surface area (Å²) in [6.07, 6.45) is 9.93. The van der Waals surface area contributed by atoms with Gasteiger partial charge in [0.2, 0.25) is 0 Å². The first-order chi connectivity index (χ1) is 6.20. The third kappa shape index (κ3) is 8.28. The Morgan fingerprint density at radius 2 is 2.15 bits per heavy atom. The molecule has 0 nitrogen and oxygen atoms in total. The van der Waals surface area contributed by atoms with Crippen molar-refractivity contribution in [2.24, 2.45) is 5.92 Å². The van der Waals surface area contributed by atoms with Gasteiger partial charge in [-0.05, 0) is 36.2 Å². The summed E-state index contributed by atoms with van der Waals surface area (Å²) in [4.78, 5) is 0. The van der Waals surface area contributed by atoms with Crippen LogP contribution in [0.5, 0.6) is 0 Å². The fourth-order valence-corrected chi connectivity index (χ4v) is 1.94. The molecule has 0 unspecified atom stereocenters. The minimum atomic E-state index is 0.664. The number of hydrogen-bond donors (Lipinski definition) is 0. The van der Waals surface area contributed by atoms with Gasteiger partial charge in [0, 0.05) is 0 Å². The molecule has 0 aliphatic carbocycles. The lowest BCUT2D eigenvalue weighted by atomic mass is 10.0. The molecule has 0 radical (unpaired) electrons. The third-order valence-corrected chi connectivity index (χ3v) is 2.32. The molecule has 0 bridgehead atoms. The van der Waals surface area contributed by atoms with Crippen LogP contribution in [0.15, 0.2) is 34.5 Å². The third-order valence-electron chi connectivity index (χ3n) is 1.91. The highest BCUT2D eigenvalue weighted by atomic mass is 127. The van der Waals surface area contributed by atoms with Crippen LogP contribution >= 0.6 is 22.6 Å². The van der Waals surface area contributed by atoms with E-state index in [9.17, 15) is 0 Å². The highest BCUT2D eigenvalue weighted by molar-refractivity contribution is 14.1. The Balaban J connectivity index is 3.76. The Labute approximate surface area is 95.9 Å². The van der Waals surface area contributed by atoms with Crippen molar-refractivity contribution in [2.45, 2.75) is 33.1 Å². The second-order valence-corrected chi connectivity index (χ2v) is 4.14. The van der Waals surface area contributed by atoms with Crippen LogP contribution < -0.4 is 0 Å². The van der Waals surface area contributed by atoms with Crippen LogP contribution in [0.2, 0.25) is 0 Å². The van der Waals surface area contributed by atoms with Crippen molar-refractivity contribution in [3.8, 4) is 0 Å². The first kappa shape index (κ1) is 12.9. The topological polar surface area (TPSA) is 0 Å². The normalized spacial score (nSPS) is 14.8. The molecule has 0 aromatic heterocycles. The number of rotatable bonds is 6. The molecule has 0 saturated carbocycles. The Morgan fingerprint density at radius 3 is 2.69 bits per heavy atom. The molecule has 0 rings (SSSR count). The van der Waals surface area contributed by atoms with E-state index in [0.29, 0.717) is 5.92 Å². The molecule has 0 fully saturated rings. The lowest BCUT2D eigenvalue weighted by Gasteiger charge is -2.05. The van der Waals surface area contributed by atoms with Gasteiger partial charge in [0.25, 0.3) is 0 Å². The van der Waals surface area contributed by atoms with E-state index in [1.807, 2.05) is 6.08 Å². The number of halogens is 1. The average Bonchev–Trinajstić information content (AvgIpc) is 2.05. The molecule has 0 aliphatic heterocycles. The summed E-state index contributed by atoms with van der Waals surface area (Å²) in [6, 6.07) is 0. The van der Waals surface area contributed by atoms with Gasteiger partial charge in [-0.3, -0.25) is 0 Å². The SMILES string of the molecule is C=CCC/C=C(\C)C[C@@H](C)/C=C/I. The maximum absolute atomic E-state index is 3.71. The van der Waals surface area contributed by atoms with Gasteiger partial charge in [0.05, 0.1) is 0 Å². The van der Waals surface area contributed by atoms with Crippen molar-refractivity contribution in [3.05, 3.63) is 34.5 Å². The highest BCUT2D eigenvalue weighted by Gasteiger charge is 1.97. The molecule has 0 N–H and O–H groups in total. The van der Waals surface area contributed by atoms with Crippen LogP contribution in [-0.2, 0) is 0 Å². The zero-order chi connectivity index (χ0) is 10.1. The summed E-state index contributed by atoms with van der Waals surface area (Å²) in [6.45, 7) is 8.17. The Bertz CT molecular complexity index is 189. The maximum atomic E-state index is 3.71. The standard InChI is InChI=1S/C12H19I/c1-4-5-6-7-11(2)10-12(3)8-9-13/h4,7-9,12H,1,5-6,10H2,2-3H3/b9-8+,11-7+/t12-/m0/s1. The molecule has 0 aliphatic rings. The van der Waals surface area contributed by atoms with Gasteiger partial charge in [-0.15, -0.1) is 6.58 Å².